The van der Waals surface area contributed by atoms with Gasteiger partial charge in [0.2, 0.25) is 10.0 Å². The second-order valence-corrected chi connectivity index (χ2v) is 5.56. The number of hydrogen-bond donors (Lipinski definition) is 1. The van der Waals surface area contributed by atoms with Gasteiger partial charge in [-0.25, -0.2) is 23.5 Å². The van der Waals surface area contributed by atoms with Gasteiger partial charge >= 0.3 is 0 Å². The van der Waals surface area contributed by atoms with Gasteiger partial charge in [0.15, 0.2) is 0 Å². The Balaban J connectivity index is 2.47. The van der Waals surface area contributed by atoms with Crippen LogP contribution in [0.25, 0.3) is 0 Å². The molecule has 5 nitrogen and oxygen atoms in total. The molecular weight excluding hydrogens is 222 g/mol. The normalized spacial score (nSPS) is 11.6. The Morgan fingerprint density at radius 1 is 1.50 bits per heavy atom. The minimum Gasteiger partial charge on any atom is -0.242 e. The summed E-state index contributed by atoms with van der Waals surface area (Å²) in [5.41, 5.74) is 0.859. The zero-order valence-electron chi connectivity index (χ0n) is 7.67. The lowest BCUT2D eigenvalue weighted by Crippen LogP contribution is -2.17. The zero-order valence-corrected chi connectivity index (χ0v) is 9.31. The average Bonchev–Trinajstić information content (AvgIpc) is 2.01. The third kappa shape index (κ3) is 4.54. The van der Waals surface area contributed by atoms with Crippen LogP contribution in [0.15, 0.2) is 17.4 Å². The van der Waals surface area contributed by atoms with E-state index in [0.29, 0.717) is 5.75 Å². The summed E-state index contributed by atoms with van der Waals surface area (Å²) < 4.78 is 21.2. The molecule has 0 unspecified atom stereocenters. The van der Waals surface area contributed by atoms with E-state index in [1.165, 1.54) is 18.1 Å². The number of primary sulfonamides is 1. The highest BCUT2D eigenvalue weighted by molar-refractivity contribution is 8.00. The van der Waals surface area contributed by atoms with Crippen molar-refractivity contribution >= 4 is 21.8 Å². The molecule has 1 rings (SSSR count). The van der Waals surface area contributed by atoms with Crippen LogP contribution in [0.4, 0.5) is 0 Å². The molecule has 7 heteroatoms. The van der Waals surface area contributed by atoms with Crippen molar-refractivity contribution in [1.82, 2.24) is 9.97 Å². The Bertz CT molecular complexity index is 405. The Kier molecular flexibility index (Phi) is 3.85. The molecule has 0 aliphatic carbocycles. The molecule has 0 saturated heterocycles. The highest BCUT2D eigenvalue weighted by atomic mass is 32.2. The average molecular weight is 233 g/mol. The van der Waals surface area contributed by atoms with Crippen LogP contribution in [0.1, 0.15) is 5.69 Å². The first-order valence-electron chi connectivity index (χ1n) is 3.89. The summed E-state index contributed by atoms with van der Waals surface area (Å²) in [5, 5.41) is 5.62. The Morgan fingerprint density at radius 3 is 2.79 bits per heavy atom. The van der Waals surface area contributed by atoms with E-state index < -0.39 is 10.0 Å². The van der Waals surface area contributed by atoms with E-state index in [0.717, 1.165) is 10.7 Å². The van der Waals surface area contributed by atoms with Crippen molar-refractivity contribution in [3.63, 3.8) is 0 Å². The summed E-state index contributed by atoms with van der Waals surface area (Å²) in [5.74, 6) is 0.371. The van der Waals surface area contributed by atoms with E-state index in [4.69, 9.17) is 5.14 Å². The van der Waals surface area contributed by atoms with Gasteiger partial charge in [-0.3, -0.25) is 0 Å². The quantitative estimate of drug-likeness (QED) is 0.591. The van der Waals surface area contributed by atoms with Crippen molar-refractivity contribution in [2.45, 2.75) is 11.9 Å². The predicted octanol–water partition coefficient (Wildman–Crippen LogP) is 0.166. The minimum absolute atomic E-state index is 0.0410. The summed E-state index contributed by atoms with van der Waals surface area (Å²) in [4.78, 5) is 7.90. The zero-order chi connectivity index (χ0) is 10.6. The highest BCUT2D eigenvalue weighted by Crippen LogP contribution is 2.14. The fourth-order valence-corrected chi connectivity index (χ4v) is 2.62. The molecule has 0 aromatic carbocycles. The van der Waals surface area contributed by atoms with Crippen molar-refractivity contribution in [3.8, 4) is 0 Å². The van der Waals surface area contributed by atoms with E-state index >= 15 is 0 Å². The third-order valence-corrected chi connectivity index (χ3v) is 3.36. The maximum Gasteiger partial charge on any atom is 0.209 e. The van der Waals surface area contributed by atoms with Crippen LogP contribution in [0.3, 0.4) is 0 Å². The van der Waals surface area contributed by atoms with Gasteiger partial charge in [0, 0.05) is 11.4 Å². The molecule has 14 heavy (non-hydrogen) atoms. The molecular formula is C7H11N3O2S2. The lowest BCUT2D eigenvalue weighted by atomic mass is 10.5. The summed E-state index contributed by atoms with van der Waals surface area (Å²) in [7, 11) is -3.37. The number of nitrogens with zero attached hydrogens (tertiary/aromatic N) is 2. The van der Waals surface area contributed by atoms with Crippen molar-refractivity contribution in [2.75, 3.05) is 11.5 Å². The van der Waals surface area contributed by atoms with E-state index in [-0.39, 0.29) is 5.75 Å². The molecule has 0 aliphatic rings. The maximum absolute atomic E-state index is 10.6. The molecule has 0 saturated carbocycles. The number of nitrogens with two attached hydrogens (primary N) is 1. The molecule has 1 aromatic heterocycles. The number of aryl methyl sites for hydroxylation is 1. The number of aromatic nitrogens is 2. The molecule has 0 spiro atoms. The molecule has 0 atom stereocenters. The number of sulfonamides is 1. The molecule has 78 valence electrons. The lowest BCUT2D eigenvalue weighted by Gasteiger charge is -1.99. The van der Waals surface area contributed by atoms with Crippen molar-refractivity contribution in [2.24, 2.45) is 5.14 Å². The van der Waals surface area contributed by atoms with Crippen LogP contribution < -0.4 is 5.14 Å². The van der Waals surface area contributed by atoms with Gasteiger partial charge in [-0.15, -0.1) is 11.8 Å². The summed E-state index contributed by atoms with van der Waals surface area (Å²) in [6, 6.07) is 1.80. The van der Waals surface area contributed by atoms with Crippen LogP contribution in [-0.4, -0.2) is 29.9 Å². The van der Waals surface area contributed by atoms with E-state index in [9.17, 15) is 8.42 Å². The highest BCUT2D eigenvalue weighted by Gasteiger charge is 2.03. The second-order valence-electron chi connectivity index (χ2n) is 2.71. The van der Waals surface area contributed by atoms with Gasteiger partial charge in [0.1, 0.15) is 6.33 Å². The van der Waals surface area contributed by atoms with Crippen LogP contribution in [0.5, 0.6) is 0 Å². The lowest BCUT2D eigenvalue weighted by molar-refractivity contribution is 0.599. The third-order valence-electron chi connectivity index (χ3n) is 1.40. The Morgan fingerprint density at radius 2 is 2.21 bits per heavy atom. The Hall–Kier alpha value is -0.660. The molecule has 1 heterocycles. The molecule has 2 N–H and O–H groups in total. The van der Waals surface area contributed by atoms with Crippen molar-refractivity contribution < 1.29 is 8.42 Å². The maximum atomic E-state index is 10.6. The van der Waals surface area contributed by atoms with Gasteiger partial charge in [0.05, 0.1) is 10.8 Å². The summed E-state index contributed by atoms with van der Waals surface area (Å²) >= 11 is 1.35. The number of hydrogen-bond acceptors (Lipinski definition) is 5. The van der Waals surface area contributed by atoms with Gasteiger partial charge in [0.25, 0.3) is 0 Å². The molecule has 0 bridgehead atoms. The SMILES string of the molecule is Cc1cc(SCCS(N)(=O)=O)ncn1. The molecule has 0 amide bonds. The van der Waals surface area contributed by atoms with Gasteiger partial charge in [-0.05, 0) is 13.0 Å². The van der Waals surface area contributed by atoms with Gasteiger partial charge in [-0.2, -0.15) is 0 Å². The fourth-order valence-electron chi connectivity index (χ4n) is 0.771. The first-order valence-corrected chi connectivity index (χ1v) is 6.59. The van der Waals surface area contributed by atoms with Crippen LogP contribution >= 0.6 is 11.8 Å². The van der Waals surface area contributed by atoms with Crippen LogP contribution in [0, 0.1) is 6.92 Å². The summed E-state index contributed by atoms with van der Waals surface area (Å²) in [6.45, 7) is 1.85. The molecule has 1 aromatic rings. The van der Waals surface area contributed by atoms with Gasteiger partial charge < -0.3 is 0 Å². The van der Waals surface area contributed by atoms with Gasteiger partial charge in [-0.1, -0.05) is 0 Å². The first kappa shape index (κ1) is 11.4. The van der Waals surface area contributed by atoms with E-state index in [1.54, 1.807) is 6.07 Å². The van der Waals surface area contributed by atoms with Crippen molar-refractivity contribution in [1.29, 1.82) is 0 Å². The molecule has 0 radical (unpaired) electrons. The topological polar surface area (TPSA) is 85.9 Å². The largest absolute Gasteiger partial charge is 0.242 e. The van der Waals surface area contributed by atoms with E-state index in [2.05, 4.69) is 9.97 Å². The minimum atomic E-state index is -3.37. The monoisotopic (exact) mass is 233 g/mol. The summed E-state index contributed by atoms with van der Waals surface area (Å²) in [6.07, 6.45) is 1.45. The smallest absolute Gasteiger partial charge is 0.209 e. The molecule has 0 fully saturated rings. The van der Waals surface area contributed by atoms with Crippen LogP contribution in [-0.2, 0) is 10.0 Å². The Labute approximate surface area is 87.2 Å². The number of rotatable bonds is 4. The van der Waals surface area contributed by atoms with Crippen molar-refractivity contribution in [3.05, 3.63) is 18.1 Å². The predicted molar refractivity (Wildman–Crippen MR) is 55.5 cm³/mol. The molecule has 0 aliphatic heterocycles. The fraction of sp³-hybridized carbons (Fsp3) is 0.429. The number of thioether (sulfide) groups is 1. The second kappa shape index (κ2) is 4.72. The van der Waals surface area contributed by atoms with Crippen LogP contribution in [0.2, 0.25) is 0 Å². The van der Waals surface area contributed by atoms with E-state index in [1.807, 2.05) is 6.92 Å². The first-order chi connectivity index (χ1) is 6.47. The standard InChI is InChI=1S/C7H11N3O2S2/c1-6-4-7(10-5-9-6)13-2-3-14(8,11)12/h4-5H,2-3H2,1H3,(H2,8,11,12).